The molecule has 0 bridgehead atoms. The molecule has 1 aromatic carbocycles. The zero-order chi connectivity index (χ0) is 9.59. The zero-order valence-electron chi connectivity index (χ0n) is 8.00. The number of benzene rings is 1. The van der Waals surface area contributed by atoms with Crippen LogP contribution < -0.4 is 0 Å². The second kappa shape index (κ2) is 2.49. The Morgan fingerprint density at radius 1 is 1.38 bits per heavy atom. The van der Waals surface area contributed by atoms with Crippen LogP contribution in [0.1, 0.15) is 11.1 Å². The van der Waals surface area contributed by atoms with Gasteiger partial charge < -0.3 is 5.11 Å². The Labute approximate surface area is 76.6 Å². The van der Waals surface area contributed by atoms with Gasteiger partial charge in [-0.05, 0) is 31.0 Å². The van der Waals surface area contributed by atoms with Gasteiger partial charge in [-0.2, -0.15) is 5.10 Å². The van der Waals surface area contributed by atoms with Crippen LogP contribution in [0.3, 0.4) is 0 Å². The summed E-state index contributed by atoms with van der Waals surface area (Å²) in [6.45, 7) is 4.03. The molecule has 0 fully saturated rings. The second-order valence-electron chi connectivity index (χ2n) is 3.40. The van der Waals surface area contributed by atoms with E-state index in [-0.39, 0.29) is 5.75 Å². The molecule has 3 nitrogen and oxygen atoms in total. The van der Waals surface area contributed by atoms with E-state index in [9.17, 15) is 5.11 Å². The lowest BCUT2D eigenvalue weighted by Crippen LogP contribution is -1.85. The highest BCUT2D eigenvalue weighted by Crippen LogP contribution is 2.28. The van der Waals surface area contributed by atoms with Crippen LogP contribution in [0.5, 0.6) is 5.75 Å². The molecule has 0 atom stereocenters. The Bertz CT molecular complexity index is 471. The molecule has 0 unspecified atom stereocenters. The highest BCUT2D eigenvalue weighted by Gasteiger charge is 2.08. The number of phenols is 1. The van der Waals surface area contributed by atoms with Crippen molar-refractivity contribution in [2.45, 2.75) is 13.8 Å². The number of phenolic OH excluding ortho intramolecular Hbond substituents is 1. The third-order valence-electron chi connectivity index (χ3n) is 2.42. The van der Waals surface area contributed by atoms with Crippen LogP contribution in [0.25, 0.3) is 10.9 Å². The van der Waals surface area contributed by atoms with Gasteiger partial charge in [0.15, 0.2) is 0 Å². The molecule has 13 heavy (non-hydrogen) atoms. The van der Waals surface area contributed by atoms with Gasteiger partial charge in [-0.3, -0.25) is 4.68 Å². The van der Waals surface area contributed by atoms with E-state index in [0.29, 0.717) is 5.52 Å². The van der Waals surface area contributed by atoms with E-state index in [2.05, 4.69) is 5.10 Å². The van der Waals surface area contributed by atoms with E-state index >= 15 is 0 Å². The lowest BCUT2D eigenvalue weighted by Gasteiger charge is -2.01. The lowest BCUT2D eigenvalue weighted by molar-refractivity contribution is 0.479. The molecule has 0 aliphatic rings. The fourth-order valence-corrected chi connectivity index (χ4v) is 1.55. The van der Waals surface area contributed by atoms with Crippen LogP contribution in [0.15, 0.2) is 12.3 Å². The molecule has 68 valence electrons. The number of fused-ring (bicyclic) bond motifs is 1. The van der Waals surface area contributed by atoms with Crippen LogP contribution in [-0.2, 0) is 7.05 Å². The average Bonchev–Trinajstić information content (AvgIpc) is 2.44. The summed E-state index contributed by atoms with van der Waals surface area (Å²) in [6.07, 6.45) is 1.93. The summed E-state index contributed by atoms with van der Waals surface area (Å²) in [6, 6.07) is 1.75. The molecule has 0 amide bonds. The molecule has 1 heterocycles. The van der Waals surface area contributed by atoms with Crippen LogP contribution in [0, 0.1) is 13.8 Å². The largest absolute Gasteiger partial charge is 0.506 e. The van der Waals surface area contributed by atoms with Crippen molar-refractivity contribution in [2.24, 2.45) is 7.05 Å². The van der Waals surface area contributed by atoms with Gasteiger partial charge in [0.2, 0.25) is 0 Å². The summed E-state index contributed by atoms with van der Waals surface area (Å²) in [7, 11) is 1.86. The monoisotopic (exact) mass is 176 g/mol. The standard InChI is InChI=1S/C10H12N2O/c1-6-4-9(13)10-8(7(6)2)5-12(3)11-10/h4-5,13H,1-3H3. The molecular formula is C10H12N2O. The van der Waals surface area contributed by atoms with Crippen LogP contribution in [0.4, 0.5) is 0 Å². The van der Waals surface area contributed by atoms with Crippen LogP contribution in [-0.4, -0.2) is 14.9 Å². The smallest absolute Gasteiger partial charge is 0.143 e. The van der Waals surface area contributed by atoms with E-state index < -0.39 is 0 Å². The first-order valence-corrected chi connectivity index (χ1v) is 4.22. The molecule has 3 heteroatoms. The Morgan fingerprint density at radius 2 is 2.08 bits per heavy atom. The number of rotatable bonds is 0. The van der Waals surface area contributed by atoms with E-state index in [1.165, 1.54) is 5.56 Å². The van der Waals surface area contributed by atoms with Crippen molar-refractivity contribution in [3.05, 3.63) is 23.4 Å². The fraction of sp³-hybridized carbons (Fsp3) is 0.300. The number of aryl methyl sites for hydroxylation is 3. The summed E-state index contributed by atoms with van der Waals surface area (Å²) >= 11 is 0. The third kappa shape index (κ3) is 1.08. The van der Waals surface area contributed by atoms with Crippen molar-refractivity contribution in [2.75, 3.05) is 0 Å². The van der Waals surface area contributed by atoms with E-state index in [1.807, 2.05) is 27.1 Å². The zero-order valence-corrected chi connectivity index (χ0v) is 8.00. The Hall–Kier alpha value is -1.51. The molecule has 0 aliphatic heterocycles. The highest BCUT2D eigenvalue weighted by atomic mass is 16.3. The van der Waals surface area contributed by atoms with Gasteiger partial charge in [0.05, 0.1) is 0 Å². The van der Waals surface area contributed by atoms with E-state index in [0.717, 1.165) is 10.9 Å². The normalized spacial score (nSPS) is 11.0. The van der Waals surface area contributed by atoms with Crippen molar-refractivity contribution >= 4 is 10.9 Å². The third-order valence-corrected chi connectivity index (χ3v) is 2.42. The maximum atomic E-state index is 9.61. The molecule has 0 saturated heterocycles. The molecule has 2 rings (SSSR count). The topological polar surface area (TPSA) is 38.1 Å². The van der Waals surface area contributed by atoms with Crippen molar-refractivity contribution < 1.29 is 5.11 Å². The average molecular weight is 176 g/mol. The van der Waals surface area contributed by atoms with Gasteiger partial charge in [0.25, 0.3) is 0 Å². The van der Waals surface area contributed by atoms with Crippen LogP contribution >= 0.6 is 0 Å². The molecule has 1 N–H and O–H groups in total. The van der Waals surface area contributed by atoms with Gasteiger partial charge in [-0.15, -0.1) is 0 Å². The molecule has 0 radical (unpaired) electrons. The molecule has 0 aliphatic carbocycles. The molecule has 0 spiro atoms. The SMILES string of the molecule is Cc1cc(O)c2nn(C)cc2c1C. The number of hydrogen-bond donors (Lipinski definition) is 1. The van der Waals surface area contributed by atoms with Gasteiger partial charge in [-0.1, -0.05) is 0 Å². The first kappa shape index (κ1) is 8.10. The highest BCUT2D eigenvalue weighted by molar-refractivity contribution is 5.87. The maximum absolute atomic E-state index is 9.61. The first-order chi connectivity index (χ1) is 6.09. The molecular weight excluding hydrogens is 164 g/mol. The first-order valence-electron chi connectivity index (χ1n) is 4.22. The van der Waals surface area contributed by atoms with Crippen molar-refractivity contribution in [1.82, 2.24) is 9.78 Å². The maximum Gasteiger partial charge on any atom is 0.143 e. The Balaban J connectivity index is 2.95. The van der Waals surface area contributed by atoms with Gasteiger partial charge >= 0.3 is 0 Å². The quantitative estimate of drug-likeness (QED) is 0.665. The Morgan fingerprint density at radius 3 is 2.77 bits per heavy atom. The summed E-state index contributed by atoms with van der Waals surface area (Å²) in [4.78, 5) is 0. The number of aromatic hydroxyl groups is 1. The van der Waals surface area contributed by atoms with E-state index in [1.54, 1.807) is 10.7 Å². The minimum Gasteiger partial charge on any atom is -0.506 e. The van der Waals surface area contributed by atoms with Gasteiger partial charge in [-0.25, -0.2) is 0 Å². The van der Waals surface area contributed by atoms with Crippen molar-refractivity contribution in [3.8, 4) is 5.75 Å². The predicted octanol–water partition coefficient (Wildman–Crippen LogP) is 1.90. The molecule has 1 aromatic heterocycles. The van der Waals surface area contributed by atoms with Gasteiger partial charge in [0, 0.05) is 18.6 Å². The summed E-state index contributed by atoms with van der Waals surface area (Å²) in [5.74, 6) is 0.263. The molecule has 0 saturated carbocycles. The van der Waals surface area contributed by atoms with Crippen molar-refractivity contribution in [1.29, 1.82) is 0 Å². The molecule has 2 aromatic rings. The second-order valence-corrected chi connectivity index (χ2v) is 3.40. The van der Waals surface area contributed by atoms with Crippen LogP contribution in [0.2, 0.25) is 0 Å². The minimum atomic E-state index is 0.263. The van der Waals surface area contributed by atoms with Crippen molar-refractivity contribution in [3.63, 3.8) is 0 Å². The Kier molecular flexibility index (Phi) is 1.55. The number of nitrogens with zero attached hydrogens (tertiary/aromatic N) is 2. The number of hydrogen-bond acceptors (Lipinski definition) is 2. The predicted molar refractivity (Wildman–Crippen MR) is 51.9 cm³/mol. The summed E-state index contributed by atoms with van der Waals surface area (Å²) in [5, 5.41) is 14.8. The fourth-order valence-electron chi connectivity index (χ4n) is 1.55. The summed E-state index contributed by atoms with van der Waals surface area (Å²) < 4.78 is 1.72. The minimum absolute atomic E-state index is 0.263. The van der Waals surface area contributed by atoms with Gasteiger partial charge in [0.1, 0.15) is 11.3 Å². The lowest BCUT2D eigenvalue weighted by atomic mass is 10.1. The number of aromatic nitrogens is 2. The summed E-state index contributed by atoms with van der Waals surface area (Å²) in [5.41, 5.74) is 2.96. The van der Waals surface area contributed by atoms with E-state index in [4.69, 9.17) is 0 Å².